The van der Waals surface area contributed by atoms with Crippen LogP contribution in [0.2, 0.25) is 0 Å². The average Bonchev–Trinajstić information content (AvgIpc) is 2.43. The van der Waals surface area contributed by atoms with Crippen molar-refractivity contribution in [2.75, 3.05) is 38.7 Å². The van der Waals surface area contributed by atoms with Gasteiger partial charge in [0.2, 0.25) is 10.0 Å². The van der Waals surface area contributed by atoms with E-state index in [1.165, 1.54) is 4.31 Å². The first-order valence-electron chi connectivity index (χ1n) is 6.42. The molecule has 0 aliphatic heterocycles. The molecule has 1 rings (SSSR count). The smallest absolute Gasteiger partial charge is 0.243 e. The van der Waals surface area contributed by atoms with E-state index in [0.29, 0.717) is 31.2 Å². The van der Waals surface area contributed by atoms with Crippen LogP contribution in [-0.2, 0) is 14.8 Å². The molecule has 0 bridgehead atoms. The summed E-state index contributed by atoms with van der Waals surface area (Å²) in [6.45, 7) is 5.53. The van der Waals surface area contributed by atoms with Crippen LogP contribution < -0.4 is 5.32 Å². The van der Waals surface area contributed by atoms with Gasteiger partial charge < -0.3 is 10.1 Å². The number of benzene rings is 1. The Hall–Kier alpha value is -1.11. The normalized spacial score (nSPS) is 11.8. The standard InChI is InChI=1S/C13H22N2O3S/c1-4-15(10-11-18-5-2)19(16,17)13-8-6-12(14-3)7-9-13/h6-9,14H,4-5,10-11H2,1-3H3. The molecule has 0 saturated heterocycles. The molecule has 0 aliphatic rings. The van der Waals surface area contributed by atoms with Gasteiger partial charge in [0, 0.05) is 32.4 Å². The van der Waals surface area contributed by atoms with E-state index >= 15 is 0 Å². The molecule has 0 aliphatic carbocycles. The highest BCUT2D eigenvalue weighted by molar-refractivity contribution is 7.89. The van der Waals surface area contributed by atoms with Crippen LogP contribution >= 0.6 is 0 Å². The van der Waals surface area contributed by atoms with E-state index in [0.717, 1.165) is 5.69 Å². The van der Waals surface area contributed by atoms with Gasteiger partial charge in [0.05, 0.1) is 11.5 Å². The van der Waals surface area contributed by atoms with E-state index < -0.39 is 10.0 Å². The Morgan fingerprint density at radius 2 is 1.84 bits per heavy atom. The van der Waals surface area contributed by atoms with Crippen molar-refractivity contribution in [1.82, 2.24) is 4.31 Å². The second-order valence-electron chi connectivity index (χ2n) is 3.97. The molecule has 0 fully saturated rings. The summed E-state index contributed by atoms with van der Waals surface area (Å²) in [6.07, 6.45) is 0. The molecular weight excluding hydrogens is 264 g/mol. The van der Waals surface area contributed by atoms with E-state index in [-0.39, 0.29) is 0 Å². The van der Waals surface area contributed by atoms with Gasteiger partial charge in [-0.05, 0) is 31.2 Å². The maximum atomic E-state index is 12.4. The number of anilines is 1. The molecule has 0 unspecified atom stereocenters. The highest BCUT2D eigenvalue weighted by Gasteiger charge is 2.22. The fourth-order valence-electron chi connectivity index (χ4n) is 1.70. The molecule has 1 N–H and O–H groups in total. The van der Waals surface area contributed by atoms with E-state index in [9.17, 15) is 8.42 Å². The molecule has 0 amide bonds. The fourth-order valence-corrected chi connectivity index (χ4v) is 3.13. The number of ether oxygens (including phenoxy) is 1. The van der Waals surface area contributed by atoms with Crippen LogP contribution in [0, 0.1) is 0 Å². The van der Waals surface area contributed by atoms with Crippen molar-refractivity contribution in [3.63, 3.8) is 0 Å². The van der Waals surface area contributed by atoms with Crippen LogP contribution in [0.25, 0.3) is 0 Å². The zero-order chi connectivity index (χ0) is 14.3. The number of likely N-dealkylation sites (N-methyl/N-ethyl adjacent to an activating group) is 1. The Morgan fingerprint density at radius 3 is 2.32 bits per heavy atom. The zero-order valence-corrected chi connectivity index (χ0v) is 12.5. The van der Waals surface area contributed by atoms with Gasteiger partial charge in [0.15, 0.2) is 0 Å². The molecule has 0 heterocycles. The van der Waals surface area contributed by atoms with Crippen LogP contribution in [0.1, 0.15) is 13.8 Å². The quantitative estimate of drug-likeness (QED) is 0.740. The lowest BCUT2D eigenvalue weighted by atomic mass is 10.3. The van der Waals surface area contributed by atoms with Gasteiger partial charge in [-0.15, -0.1) is 0 Å². The number of hydrogen-bond acceptors (Lipinski definition) is 4. The Kier molecular flexibility index (Phi) is 6.27. The van der Waals surface area contributed by atoms with Crippen LogP contribution in [0.15, 0.2) is 29.2 Å². The molecule has 0 atom stereocenters. The fraction of sp³-hybridized carbons (Fsp3) is 0.538. The van der Waals surface area contributed by atoms with Crippen molar-refractivity contribution >= 4 is 15.7 Å². The Balaban J connectivity index is 2.86. The maximum absolute atomic E-state index is 12.4. The molecule has 108 valence electrons. The minimum absolute atomic E-state index is 0.310. The third-order valence-electron chi connectivity index (χ3n) is 2.82. The molecule has 19 heavy (non-hydrogen) atoms. The second-order valence-corrected chi connectivity index (χ2v) is 5.91. The summed E-state index contributed by atoms with van der Waals surface area (Å²) >= 11 is 0. The van der Waals surface area contributed by atoms with Gasteiger partial charge in [0.1, 0.15) is 0 Å². The van der Waals surface area contributed by atoms with Gasteiger partial charge in [-0.1, -0.05) is 6.92 Å². The van der Waals surface area contributed by atoms with Crippen molar-refractivity contribution < 1.29 is 13.2 Å². The Bertz CT molecular complexity index is 471. The topological polar surface area (TPSA) is 58.6 Å². The number of hydrogen-bond donors (Lipinski definition) is 1. The van der Waals surface area contributed by atoms with E-state index in [4.69, 9.17) is 4.74 Å². The van der Waals surface area contributed by atoms with Gasteiger partial charge in [0.25, 0.3) is 0 Å². The lowest BCUT2D eigenvalue weighted by Crippen LogP contribution is -2.33. The van der Waals surface area contributed by atoms with E-state index in [1.54, 1.807) is 31.3 Å². The van der Waals surface area contributed by atoms with Crippen molar-refractivity contribution in [2.24, 2.45) is 0 Å². The number of nitrogens with one attached hydrogen (secondary N) is 1. The van der Waals surface area contributed by atoms with Crippen molar-refractivity contribution in [3.8, 4) is 0 Å². The van der Waals surface area contributed by atoms with Crippen LogP contribution in [0.3, 0.4) is 0 Å². The van der Waals surface area contributed by atoms with Crippen molar-refractivity contribution in [2.45, 2.75) is 18.7 Å². The van der Waals surface area contributed by atoms with Gasteiger partial charge >= 0.3 is 0 Å². The lowest BCUT2D eigenvalue weighted by Gasteiger charge is -2.20. The summed E-state index contributed by atoms with van der Waals surface area (Å²) in [5.74, 6) is 0. The summed E-state index contributed by atoms with van der Waals surface area (Å²) in [6, 6.07) is 6.74. The molecule has 6 heteroatoms. The molecule has 0 aromatic heterocycles. The third-order valence-corrected chi connectivity index (χ3v) is 4.81. The molecule has 0 spiro atoms. The summed E-state index contributed by atoms with van der Waals surface area (Å²) in [7, 11) is -1.64. The van der Waals surface area contributed by atoms with Crippen molar-refractivity contribution in [3.05, 3.63) is 24.3 Å². The first-order valence-corrected chi connectivity index (χ1v) is 7.86. The SMILES string of the molecule is CCOCCN(CC)S(=O)(=O)c1ccc(NC)cc1. The summed E-state index contributed by atoms with van der Waals surface area (Å²) < 4.78 is 31.5. The van der Waals surface area contributed by atoms with Gasteiger partial charge in [-0.2, -0.15) is 4.31 Å². The summed E-state index contributed by atoms with van der Waals surface area (Å²) in [5, 5.41) is 2.96. The second kappa shape index (κ2) is 7.47. The molecular formula is C13H22N2O3S. The van der Waals surface area contributed by atoms with Gasteiger partial charge in [-0.3, -0.25) is 0 Å². The van der Waals surface area contributed by atoms with Crippen LogP contribution in [0.4, 0.5) is 5.69 Å². The van der Waals surface area contributed by atoms with Gasteiger partial charge in [-0.25, -0.2) is 8.42 Å². The number of sulfonamides is 1. The summed E-state index contributed by atoms with van der Waals surface area (Å²) in [4.78, 5) is 0.310. The number of nitrogens with zero attached hydrogens (tertiary/aromatic N) is 1. The maximum Gasteiger partial charge on any atom is 0.243 e. The number of rotatable bonds is 8. The Labute approximate surface area is 115 Å². The monoisotopic (exact) mass is 286 g/mol. The zero-order valence-electron chi connectivity index (χ0n) is 11.7. The summed E-state index contributed by atoms with van der Waals surface area (Å²) in [5.41, 5.74) is 0.885. The molecule has 0 saturated carbocycles. The molecule has 5 nitrogen and oxygen atoms in total. The highest BCUT2D eigenvalue weighted by atomic mass is 32.2. The van der Waals surface area contributed by atoms with Crippen LogP contribution in [0.5, 0.6) is 0 Å². The van der Waals surface area contributed by atoms with E-state index in [1.807, 2.05) is 13.8 Å². The molecule has 1 aromatic rings. The van der Waals surface area contributed by atoms with Crippen LogP contribution in [-0.4, -0.2) is 46.1 Å². The average molecular weight is 286 g/mol. The lowest BCUT2D eigenvalue weighted by molar-refractivity contribution is 0.135. The first-order chi connectivity index (χ1) is 9.06. The largest absolute Gasteiger partial charge is 0.388 e. The predicted octanol–water partition coefficient (Wildman–Crippen LogP) is 1.78. The molecule has 1 aromatic carbocycles. The minimum atomic E-state index is -3.43. The minimum Gasteiger partial charge on any atom is -0.388 e. The highest BCUT2D eigenvalue weighted by Crippen LogP contribution is 2.17. The molecule has 0 radical (unpaired) electrons. The third kappa shape index (κ3) is 4.19. The van der Waals surface area contributed by atoms with Crippen molar-refractivity contribution in [1.29, 1.82) is 0 Å². The Morgan fingerprint density at radius 1 is 1.21 bits per heavy atom. The first kappa shape index (κ1) is 15.9. The van der Waals surface area contributed by atoms with E-state index in [2.05, 4.69) is 5.32 Å². The predicted molar refractivity (Wildman–Crippen MR) is 76.9 cm³/mol.